The van der Waals surface area contributed by atoms with Crippen molar-refractivity contribution in [3.63, 3.8) is 0 Å². The van der Waals surface area contributed by atoms with Crippen LogP contribution in [-0.2, 0) is 11.3 Å². The molecule has 1 aliphatic rings. The fourth-order valence-electron chi connectivity index (χ4n) is 3.11. The maximum atomic E-state index is 12.1. The molecule has 0 spiro atoms. The van der Waals surface area contributed by atoms with Crippen LogP contribution in [0.25, 0.3) is 22.0 Å². The third-order valence-corrected chi connectivity index (χ3v) is 4.39. The van der Waals surface area contributed by atoms with Crippen LogP contribution in [0.4, 0.5) is 0 Å². The molecule has 8 nitrogen and oxygen atoms in total. The molecule has 1 saturated heterocycles. The Balaban J connectivity index is 1.62. The topological polar surface area (TPSA) is 93.4 Å². The van der Waals surface area contributed by atoms with E-state index in [0.717, 1.165) is 39.3 Å². The van der Waals surface area contributed by atoms with E-state index < -0.39 is 5.76 Å². The second kappa shape index (κ2) is 6.21. The highest BCUT2D eigenvalue weighted by Crippen LogP contribution is 2.18. The minimum Gasteiger partial charge on any atom is -0.408 e. The zero-order valence-corrected chi connectivity index (χ0v) is 13.2. The molecule has 0 atom stereocenters. The average molecular weight is 330 g/mol. The Kier molecular flexibility index (Phi) is 3.91. The van der Waals surface area contributed by atoms with E-state index in [1.165, 1.54) is 6.33 Å². The van der Waals surface area contributed by atoms with Gasteiger partial charge in [0.25, 0.3) is 5.56 Å². The molecular weight excluding hydrogens is 312 g/mol. The normalized spacial score (nSPS) is 16.2. The van der Waals surface area contributed by atoms with Crippen LogP contribution in [0.2, 0.25) is 0 Å². The number of rotatable bonds is 4. The van der Waals surface area contributed by atoms with Crippen molar-refractivity contribution in [3.8, 4) is 0 Å². The number of aromatic nitrogens is 3. The first kappa shape index (κ1) is 15.1. The molecule has 2 aromatic heterocycles. The number of nitrogens with one attached hydrogen (secondary N) is 1. The summed E-state index contributed by atoms with van der Waals surface area (Å²) >= 11 is 0. The van der Waals surface area contributed by atoms with Gasteiger partial charge in [0.15, 0.2) is 5.58 Å². The summed E-state index contributed by atoms with van der Waals surface area (Å²) in [5.41, 5.74) is 1.38. The van der Waals surface area contributed by atoms with Crippen LogP contribution in [-0.4, -0.2) is 52.3 Å². The summed E-state index contributed by atoms with van der Waals surface area (Å²) in [6.07, 6.45) is 2.17. The van der Waals surface area contributed by atoms with Gasteiger partial charge in [0.2, 0.25) is 0 Å². The van der Waals surface area contributed by atoms with Crippen LogP contribution in [0, 0.1) is 0 Å². The number of aromatic amines is 1. The SMILES string of the molecule is O=c1[nH]cnc2cc3oc(=O)n(CCCN4CCOCC4)c3cc12. The molecule has 4 rings (SSSR count). The summed E-state index contributed by atoms with van der Waals surface area (Å²) < 4.78 is 12.2. The summed E-state index contributed by atoms with van der Waals surface area (Å²) in [5.74, 6) is -0.404. The van der Waals surface area contributed by atoms with E-state index in [1.54, 1.807) is 16.7 Å². The number of benzene rings is 1. The molecule has 0 bridgehead atoms. The van der Waals surface area contributed by atoms with Crippen molar-refractivity contribution in [2.24, 2.45) is 0 Å². The molecule has 0 amide bonds. The summed E-state index contributed by atoms with van der Waals surface area (Å²) in [5, 5.41) is 0.452. The Morgan fingerprint density at radius 3 is 2.83 bits per heavy atom. The number of nitrogens with zero attached hydrogens (tertiary/aromatic N) is 3. The fraction of sp³-hybridized carbons (Fsp3) is 0.438. The number of fused-ring (bicyclic) bond motifs is 2. The van der Waals surface area contributed by atoms with E-state index >= 15 is 0 Å². The molecule has 1 N–H and O–H groups in total. The van der Waals surface area contributed by atoms with Crippen molar-refractivity contribution >= 4 is 22.0 Å². The van der Waals surface area contributed by atoms with Crippen molar-refractivity contribution in [1.29, 1.82) is 0 Å². The van der Waals surface area contributed by atoms with Crippen molar-refractivity contribution in [3.05, 3.63) is 39.4 Å². The van der Waals surface area contributed by atoms with E-state index in [2.05, 4.69) is 14.9 Å². The summed E-state index contributed by atoms with van der Waals surface area (Å²) in [4.78, 5) is 33.0. The number of morpholine rings is 1. The molecule has 1 fully saturated rings. The Morgan fingerprint density at radius 2 is 2.00 bits per heavy atom. The van der Waals surface area contributed by atoms with Gasteiger partial charge >= 0.3 is 5.76 Å². The number of H-pyrrole nitrogens is 1. The van der Waals surface area contributed by atoms with E-state index in [9.17, 15) is 9.59 Å². The predicted octanol–water partition coefficient (Wildman–Crippen LogP) is 0.553. The zero-order chi connectivity index (χ0) is 16.5. The third-order valence-electron chi connectivity index (χ3n) is 4.39. The Bertz CT molecular complexity index is 981. The number of oxazole rings is 1. The number of hydrogen-bond acceptors (Lipinski definition) is 6. The van der Waals surface area contributed by atoms with Crippen molar-refractivity contribution in [2.75, 3.05) is 32.8 Å². The Morgan fingerprint density at radius 1 is 1.17 bits per heavy atom. The maximum absolute atomic E-state index is 12.1. The van der Waals surface area contributed by atoms with Gasteiger partial charge in [0.1, 0.15) is 0 Å². The maximum Gasteiger partial charge on any atom is 0.419 e. The van der Waals surface area contributed by atoms with Gasteiger partial charge in [0.05, 0.1) is 36.0 Å². The fourth-order valence-corrected chi connectivity index (χ4v) is 3.11. The van der Waals surface area contributed by atoms with Gasteiger partial charge in [-0.3, -0.25) is 14.3 Å². The highest BCUT2D eigenvalue weighted by atomic mass is 16.5. The van der Waals surface area contributed by atoms with Crippen LogP contribution >= 0.6 is 0 Å². The first-order valence-electron chi connectivity index (χ1n) is 8.03. The van der Waals surface area contributed by atoms with Gasteiger partial charge in [0, 0.05) is 32.2 Å². The number of ether oxygens (including phenoxy) is 1. The lowest BCUT2D eigenvalue weighted by molar-refractivity contribution is 0.0369. The van der Waals surface area contributed by atoms with Crippen molar-refractivity contribution in [1.82, 2.24) is 19.4 Å². The van der Waals surface area contributed by atoms with Gasteiger partial charge in [-0.2, -0.15) is 0 Å². The van der Waals surface area contributed by atoms with E-state index in [0.29, 0.717) is 28.5 Å². The lowest BCUT2D eigenvalue weighted by Crippen LogP contribution is -2.37. The number of hydrogen-bond donors (Lipinski definition) is 1. The van der Waals surface area contributed by atoms with Crippen LogP contribution in [0.1, 0.15) is 6.42 Å². The summed E-state index contributed by atoms with van der Waals surface area (Å²) in [6.45, 7) is 4.82. The molecule has 0 saturated carbocycles. The minimum atomic E-state index is -0.404. The summed E-state index contributed by atoms with van der Waals surface area (Å²) in [7, 11) is 0. The van der Waals surface area contributed by atoms with Crippen LogP contribution in [0.5, 0.6) is 0 Å². The standard InChI is InChI=1S/C16H18N4O4/c21-15-11-8-13-14(9-12(11)17-10-18-15)24-16(22)20(13)3-1-2-19-4-6-23-7-5-19/h8-10H,1-7H2,(H,17,18,21). The van der Waals surface area contributed by atoms with E-state index in [1.807, 2.05) is 0 Å². The second-order valence-electron chi connectivity index (χ2n) is 5.90. The highest BCUT2D eigenvalue weighted by molar-refractivity contribution is 5.91. The highest BCUT2D eigenvalue weighted by Gasteiger charge is 2.14. The first-order valence-corrected chi connectivity index (χ1v) is 8.03. The molecule has 1 aliphatic heterocycles. The van der Waals surface area contributed by atoms with Gasteiger partial charge < -0.3 is 14.1 Å². The Labute approximate surface area is 136 Å². The van der Waals surface area contributed by atoms with E-state index in [-0.39, 0.29) is 5.56 Å². The van der Waals surface area contributed by atoms with Gasteiger partial charge in [-0.25, -0.2) is 9.78 Å². The monoisotopic (exact) mass is 330 g/mol. The molecule has 0 aliphatic carbocycles. The first-order chi connectivity index (χ1) is 11.7. The van der Waals surface area contributed by atoms with Gasteiger partial charge in [-0.05, 0) is 12.5 Å². The molecule has 3 aromatic rings. The molecule has 0 radical (unpaired) electrons. The number of aryl methyl sites for hydroxylation is 1. The molecule has 24 heavy (non-hydrogen) atoms. The minimum absolute atomic E-state index is 0.226. The zero-order valence-electron chi connectivity index (χ0n) is 13.2. The summed E-state index contributed by atoms with van der Waals surface area (Å²) in [6, 6.07) is 3.32. The predicted molar refractivity (Wildman–Crippen MR) is 88.3 cm³/mol. The van der Waals surface area contributed by atoms with Crippen molar-refractivity contribution in [2.45, 2.75) is 13.0 Å². The quantitative estimate of drug-likeness (QED) is 0.751. The van der Waals surface area contributed by atoms with Crippen LogP contribution < -0.4 is 11.3 Å². The molecule has 0 unspecified atom stereocenters. The lowest BCUT2D eigenvalue weighted by Gasteiger charge is -2.26. The van der Waals surface area contributed by atoms with Crippen LogP contribution in [0.15, 0.2) is 32.5 Å². The second-order valence-corrected chi connectivity index (χ2v) is 5.90. The largest absolute Gasteiger partial charge is 0.419 e. The smallest absolute Gasteiger partial charge is 0.408 e. The van der Waals surface area contributed by atoms with Crippen LogP contribution in [0.3, 0.4) is 0 Å². The molecular formula is C16H18N4O4. The molecule has 126 valence electrons. The third kappa shape index (κ3) is 2.74. The Hall–Kier alpha value is -2.45. The van der Waals surface area contributed by atoms with Crippen molar-refractivity contribution < 1.29 is 9.15 Å². The van der Waals surface area contributed by atoms with Gasteiger partial charge in [-0.1, -0.05) is 0 Å². The molecule has 3 heterocycles. The average Bonchev–Trinajstić information content (AvgIpc) is 2.89. The van der Waals surface area contributed by atoms with E-state index in [4.69, 9.17) is 9.15 Å². The molecule has 1 aromatic carbocycles. The van der Waals surface area contributed by atoms with Gasteiger partial charge in [-0.15, -0.1) is 0 Å². The molecule has 8 heteroatoms. The lowest BCUT2D eigenvalue weighted by atomic mass is 10.2.